The molecule has 1 aromatic rings. The monoisotopic (exact) mass is 564 g/mol. The van der Waals surface area contributed by atoms with Crippen LogP contribution in [0.5, 0.6) is 5.75 Å². The molecule has 0 fully saturated rings. The Morgan fingerprint density at radius 3 is 1.89 bits per heavy atom. The molecular weight excluding hydrogens is 512 g/mol. The van der Waals surface area contributed by atoms with E-state index in [-0.39, 0.29) is 12.1 Å². The van der Waals surface area contributed by atoms with Crippen LogP contribution in [0.25, 0.3) is 0 Å². The van der Waals surface area contributed by atoms with Crippen LogP contribution in [0.2, 0.25) is 36.3 Å². The normalized spacial score (nSPS) is 15.1. The van der Waals surface area contributed by atoms with Gasteiger partial charge in [-0.2, -0.15) is 0 Å². The van der Waals surface area contributed by atoms with E-state index in [1.54, 1.807) is 13.2 Å². The third-order valence-corrected chi connectivity index (χ3v) is 17.4. The van der Waals surface area contributed by atoms with Crippen LogP contribution in [0.1, 0.15) is 54.0 Å². The first-order valence-electron chi connectivity index (χ1n) is 14.2. The number of esters is 1. The fraction of sp³-hybridized carbons (Fsp3) is 0.633. The van der Waals surface area contributed by atoms with Crippen LogP contribution in [0.4, 0.5) is 0 Å². The van der Waals surface area contributed by atoms with Gasteiger partial charge in [0.15, 0.2) is 16.6 Å². The molecular formula is C30H52O6Si2. The van der Waals surface area contributed by atoms with Gasteiger partial charge in [-0.25, -0.2) is 4.79 Å². The minimum Gasteiger partial charge on any atom is -0.497 e. The summed E-state index contributed by atoms with van der Waals surface area (Å²) in [6.07, 6.45) is 6.77. The van der Waals surface area contributed by atoms with Crippen LogP contribution in [-0.2, 0) is 29.7 Å². The molecule has 0 aliphatic rings. The highest BCUT2D eigenvalue weighted by Gasteiger charge is 2.45. The number of allylic oxidation sites excluding steroid dienone is 2. The first-order chi connectivity index (χ1) is 18.1. The molecule has 38 heavy (non-hydrogen) atoms. The third-order valence-electron chi connectivity index (χ3n) is 8.00. The molecule has 1 aromatic carbocycles. The molecule has 0 heterocycles. The van der Waals surface area contributed by atoms with Gasteiger partial charge in [-0.1, -0.05) is 71.9 Å². The van der Waals surface area contributed by atoms with Crippen LogP contribution < -0.4 is 4.74 Å². The molecule has 8 heteroatoms. The van der Waals surface area contributed by atoms with Crippen molar-refractivity contribution in [2.75, 3.05) is 20.8 Å². The molecule has 2 atom stereocenters. The lowest BCUT2D eigenvalue weighted by molar-refractivity contribution is -0.134. The molecule has 0 spiro atoms. The van der Waals surface area contributed by atoms with Gasteiger partial charge in [-0.3, -0.25) is 0 Å². The summed E-state index contributed by atoms with van der Waals surface area (Å²) in [6.45, 7) is 16.4. The van der Waals surface area contributed by atoms with Gasteiger partial charge < -0.3 is 23.1 Å². The molecule has 6 nitrogen and oxygen atoms in total. The summed E-state index contributed by atoms with van der Waals surface area (Å²) in [5, 5.41) is 0. The van der Waals surface area contributed by atoms with Crippen LogP contribution in [0.3, 0.4) is 0 Å². The molecule has 216 valence electrons. The second kappa shape index (κ2) is 17.1. The van der Waals surface area contributed by atoms with Crippen LogP contribution >= 0.6 is 0 Å². The standard InChI is InChI=1S/C30H52O6Si2/c1-10-37(11-2,12-3)35-28(25-34-24-26-19-21-27(32-8)22-20-26)30(7,23-17-16-18-29(31)33-9)36-38(13-4,14-5)15-6/h16-23,28H,10-15,24-25H2,1-9H3/b18-16+,23-17+/t28-,30+/m0/s1. The molecule has 0 aliphatic carbocycles. The van der Waals surface area contributed by atoms with Crippen molar-refractivity contribution in [1.82, 2.24) is 0 Å². The molecule has 0 aromatic heterocycles. The number of benzene rings is 1. The third kappa shape index (κ3) is 10.1. The molecule has 0 aliphatic heterocycles. The highest BCUT2D eigenvalue weighted by molar-refractivity contribution is 6.74. The Bertz CT molecular complexity index is 845. The van der Waals surface area contributed by atoms with E-state index in [9.17, 15) is 4.79 Å². The maximum Gasteiger partial charge on any atom is 0.330 e. The molecule has 0 saturated carbocycles. The van der Waals surface area contributed by atoms with Gasteiger partial charge in [-0.05, 0) is 60.9 Å². The van der Waals surface area contributed by atoms with E-state index in [2.05, 4.69) is 54.5 Å². The van der Waals surface area contributed by atoms with Crippen molar-refractivity contribution in [3.05, 3.63) is 54.1 Å². The second-order valence-corrected chi connectivity index (χ2v) is 19.4. The lowest BCUT2D eigenvalue weighted by Gasteiger charge is -2.46. The summed E-state index contributed by atoms with van der Waals surface area (Å²) in [5.74, 6) is 0.437. The smallest absolute Gasteiger partial charge is 0.330 e. The fourth-order valence-electron chi connectivity index (χ4n) is 4.71. The first kappa shape index (κ1) is 34.3. The van der Waals surface area contributed by atoms with Crippen molar-refractivity contribution in [3.63, 3.8) is 0 Å². The second-order valence-electron chi connectivity index (χ2n) is 9.98. The summed E-state index contributed by atoms with van der Waals surface area (Å²) in [6, 6.07) is 14.1. The van der Waals surface area contributed by atoms with Crippen molar-refractivity contribution in [2.45, 2.75) is 103 Å². The van der Waals surface area contributed by atoms with E-state index < -0.39 is 22.2 Å². The predicted octanol–water partition coefficient (Wildman–Crippen LogP) is 7.67. The zero-order valence-corrected chi connectivity index (χ0v) is 27.3. The van der Waals surface area contributed by atoms with Crippen molar-refractivity contribution in [2.24, 2.45) is 0 Å². The molecule has 0 bridgehead atoms. The molecule has 0 N–H and O–H groups in total. The van der Waals surface area contributed by atoms with Gasteiger partial charge in [0.2, 0.25) is 0 Å². The highest BCUT2D eigenvalue weighted by Crippen LogP contribution is 2.35. The van der Waals surface area contributed by atoms with E-state index in [1.807, 2.05) is 30.3 Å². The van der Waals surface area contributed by atoms with E-state index in [1.165, 1.54) is 13.2 Å². The van der Waals surface area contributed by atoms with Crippen LogP contribution in [0.15, 0.2) is 48.6 Å². The Morgan fingerprint density at radius 2 is 1.42 bits per heavy atom. The van der Waals surface area contributed by atoms with E-state index in [4.69, 9.17) is 23.1 Å². The van der Waals surface area contributed by atoms with Crippen molar-refractivity contribution >= 4 is 22.6 Å². The Kier molecular flexibility index (Phi) is 15.4. The number of methoxy groups -OCH3 is 2. The number of hydrogen-bond donors (Lipinski definition) is 0. The SMILES string of the molecule is CC[Si](CC)(CC)O[C@@H](COCc1ccc(OC)cc1)[C@@](C)(/C=C/C=C/C(=O)OC)O[Si](CC)(CC)CC. The van der Waals surface area contributed by atoms with Gasteiger partial charge >= 0.3 is 5.97 Å². The van der Waals surface area contributed by atoms with E-state index in [0.717, 1.165) is 47.6 Å². The minimum atomic E-state index is -2.03. The average molecular weight is 565 g/mol. The topological polar surface area (TPSA) is 63.2 Å². The Morgan fingerprint density at radius 1 is 0.868 bits per heavy atom. The minimum absolute atomic E-state index is 0.286. The summed E-state index contributed by atoms with van der Waals surface area (Å²) in [7, 11) is -0.978. The number of hydrogen-bond acceptors (Lipinski definition) is 6. The number of carbonyl (C=O) groups excluding carboxylic acids is 1. The van der Waals surface area contributed by atoms with Gasteiger partial charge in [0.1, 0.15) is 5.75 Å². The number of rotatable bonds is 19. The lowest BCUT2D eigenvalue weighted by Crippen LogP contribution is -2.56. The van der Waals surface area contributed by atoms with Crippen molar-refractivity contribution < 1.29 is 27.9 Å². The Labute approximate surface area is 234 Å². The van der Waals surface area contributed by atoms with Gasteiger partial charge in [0, 0.05) is 6.08 Å². The lowest BCUT2D eigenvalue weighted by atomic mass is 9.99. The molecule has 0 unspecified atom stereocenters. The van der Waals surface area contributed by atoms with E-state index in [0.29, 0.717) is 13.2 Å². The Balaban J connectivity index is 3.42. The van der Waals surface area contributed by atoms with Crippen LogP contribution in [-0.4, -0.2) is 55.1 Å². The maximum atomic E-state index is 11.6. The van der Waals surface area contributed by atoms with Gasteiger partial charge in [0.25, 0.3) is 0 Å². The molecule has 1 rings (SSSR count). The largest absolute Gasteiger partial charge is 0.497 e. The fourth-order valence-corrected chi connectivity index (χ4v) is 10.7. The first-order valence-corrected chi connectivity index (χ1v) is 19.2. The van der Waals surface area contributed by atoms with Gasteiger partial charge in [-0.15, -0.1) is 0 Å². The van der Waals surface area contributed by atoms with Crippen molar-refractivity contribution in [3.8, 4) is 5.75 Å². The maximum absolute atomic E-state index is 11.6. The number of ether oxygens (including phenoxy) is 3. The Hall–Kier alpha value is -1.72. The molecule has 0 saturated heterocycles. The summed E-state index contributed by atoms with van der Waals surface area (Å²) in [5.41, 5.74) is 0.361. The van der Waals surface area contributed by atoms with E-state index >= 15 is 0 Å². The predicted molar refractivity (Wildman–Crippen MR) is 162 cm³/mol. The zero-order chi connectivity index (χ0) is 28.7. The number of carbonyl (C=O) groups is 1. The molecule has 0 amide bonds. The average Bonchev–Trinajstić information content (AvgIpc) is 2.96. The summed E-state index contributed by atoms with van der Waals surface area (Å²) < 4.78 is 30.7. The quantitative estimate of drug-likeness (QED) is 0.0743. The highest BCUT2D eigenvalue weighted by atomic mass is 28.4. The van der Waals surface area contributed by atoms with Gasteiger partial charge in [0.05, 0.1) is 39.1 Å². The zero-order valence-electron chi connectivity index (χ0n) is 25.3. The summed E-state index contributed by atoms with van der Waals surface area (Å²) in [4.78, 5) is 11.6. The summed E-state index contributed by atoms with van der Waals surface area (Å²) >= 11 is 0. The van der Waals surface area contributed by atoms with Crippen LogP contribution in [0, 0.1) is 0 Å². The van der Waals surface area contributed by atoms with Crippen molar-refractivity contribution in [1.29, 1.82) is 0 Å². The molecule has 0 radical (unpaired) electrons.